The lowest BCUT2D eigenvalue weighted by Gasteiger charge is -2.31. The van der Waals surface area contributed by atoms with Gasteiger partial charge >= 0.3 is 0 Å². The van der Waals surface area contributed by atoms with E-state index in [2.05, 4.69) is 27.3 Å². The van der Waals surface area contributed by atoms with E-state index in [1.165, 1.54) is 30.3 Å². The van der Waals surface area contributed by atoms with Crippen LogP contribution in [0.5, 0.6) is 0 Å². The molecule has 1 N–H and O–H groups in total. The molecular weight excluding hydrogens is 496 g/mol. The van der Waals surface area contributed by atoms with Crippen molar-refractivity contribution in [2.24, 2.45) is 0 Å². The average Bonchev–Trinajstić information content (AvgIpc) is 3.27. The van der Waals surface area contributed by atoms with Crippen molar-refractivity contribution in [3.8, 4) is 5.69 Å². The first-order valence-electron chi connectivity index (χ1n) is 11.2. The van der Waals surface area contributed by atoms with E-state index in [1.807, 2.05) is 11.5 Å². The number of thioether (sulfide) groups is 1. The first-order valence-corrected chi connectivity index (χ1v) is 12.9. The number of piperidine rings is 1. The summed E-state index contributed by atoms with van der Waals surface area (Å²) in [5.41, 5.74) is 1.97. The number of halogens is 3. The number of carbonyl (C=O) groups is 1. The number of benzene rings is 2. The van der Waals surface area contributed by atoms with Gasteiger partial charge in [0.05, 0.1) is 27.5 Å². The Morgan fingerprint density at radius 1 is 1.12 bits per heavy atom. The quantitative estimate of drug-likeness (QED) is 0.369. The molecule has 0 spiro atoms. The van der Waals surface area contributed by atoms with Gasteiger partial charge in [0.25, 0.3) is 0 Å². The van der Waals surface area contributed by atoms with E-state index in [4.69, 9.17) is 23.2 Å². The Hall–Kier alpha value is -2.13. The molecule has 1 unspecified atom stereocenters. The summed E-state index contributed by atoms with van der Waals surface area (Å²) in [6, 6.07) is 9.74. The largest absolute Gasteiger partial charge is 0.323 e. The SMILES string of the molecule is Cc1ccc(Cl)c(NC(=O)CSc2nnc(C(C)N3CCCCC3)n2-c2ccc(F)cc2)c1Cl. The smallest absolute Gasteiger partial charge is 0.234 e. The van der Waals surface area contributed by atoms with E-state index in [0.29, 0.717) is 20.9 Å². The van der Waals surface area contributed by atoms with Gasteiger partial charge in [-0.2, -0.15) is 0 Å². The molecule has 180 valence electrons. The van der Waals surface area contributed by atoms with Crippen LogP contribution < -0.4 is 5.32 Å². The van der Waals surface area contributed by atoms with Crippen LogP contribution in [0.3, 0.4) is 0 Å². The standard InChI is InChI=1S/C24H26Cl2FN5OS/c1-15-6-11-19(25)22(21(15)26)28-20(33)14-34-24-30-29-23(16(2)31-12-4-3-5-13-31)32(24)18-9-7-17(27)8-10-18/h6-11,16H,3-5,12-14H2,1-2H3,(H,28,33). The van der Waals surface area contributed by atoms with Gasteiger partial charge in [-0.1, -0.05) is 47.5 Å². The highest BCUT2D eigenvalue weighted by Gasteiger charge is 2.26. The second kappa shape index (κ2) is 11.1. The van der Waals surface area contributed by atoms with Crippen molar-refractivity contribution < 1.29 is 9.18 Å². The van der Waals surface area contributed by atoms with Gasteiger partial charge in [0.2, 0.25) is 5.91 Å². The van der Waals surface area contributed by atoms with Crippen LogP contribution in [-0.2, 0) is 4.79 Å². The predicted octanol–water partition coefficient (Wildman–Crippen LogP) is 6.30. The lowest BCUT2D eigenvalue weighted by molar-refractivity contribution is -0.113. The van der Waals surface area contributed by atoms with Gasteiger partial charge in [-0.15, -0.1) is 10.2 Å². The fraction of sp³-hybridized carbons (Fsp3) is 0.375. The van der Waals surface area contributed by atoms with E-state index in [-0.39, 0.29) is 23.5 Å². The second-order valence-electron chi connectivity index (χ2n) is 8.32. The Balaban J connectivity index is 1.56. The minimum Gasteiger partial charge on any atom is -0.323 e. The van der Waals surface area contributed by atoms with Crippen LogP contribution in [0.1, 0.15) is 43.6 Å². The number of likely N-dealkylation sites (tertiary alicyclic amines) is 1. The van der Waals surface area contributed by atoms with Gasteiger partial charge in [0, 0.05) is 5.69 Å². The summed E-state index contributed by atoms with van der Waals surface area (Å²) in [5.74, 6) is 0.265. The van der Waals surface area contributed by atoms with Crippen LogP contribution in [0.25, 0.3) is 5.69 Å². The number of rotatable bonds is 7. The fourth-order valence-corrected chi connectivity index (χ4v) is 5.25. The molecule has 1 amide bonds. The molecule has 0 radical (unpaired) electrons. The second-order valence-corrected chi connectivity index (χ2v) is 10.0. The lowest BCUT2D eigenvalue weighted by atomic mass is 10.1. The molecule has 2 heterocycles. The highest BCUT2D eigenvalue weighted by molar-refractivity contribution is 7.99. The van der Waals surface area contributed by atoms with Gasteiger partial charge in [-0.05, 0) is 75.7 Å². The number of amides is 1. The van der Waals surface area contributed by atoms with Gasteiger partial charge in [0.1, 0.15) is 5.82 Å². The molecule has 4 rings (SSSR count). The van der Waals surface area contributed by atoms with Gasteiger partial charge in [-0.3, -0.25) is 14.3 Å². The van der Waals surface area contributed by atoms with Crippen LogP contribution in [-0.4, -0.2) is 44.4 Å². The molecule has 0 aliphatic carbocycles. The van der Waals surface area contributed by atoms with Gasteiger partial charge in [-0.25, -0.2) is 4.39 Å². The third kappa shape index (κ3) is 5.57. The highest BCUT2D eigenvalue weighted by Crippen LogP contribution is 2.34. The van der Waals surface area contributed by atoms with Crippen molar-refractivity contribution >= 4 is 46.6 Å². The first kappa shape index (κ1) is 25.0. The summed E-state index contributed by atoms with van der Waals surface area (Å²) >= 11 is 13.8. The number of aromatic nitrogens is 3. The number of nitrogens with zero attached hydrogens (tertiary/aromatic N) is 4. The molecule has 1 saturated heterocycles. The minimum atomic E-state index is -0.317. The van der Waals surface area contributed by atoms with E-state index >= 15 is 0 Å². The molecule has 6 nitrogen and oxygen atoms in total. The zero-order valence-electron chi connectivity index (χ0n) is 19.0. The maximum atomic E-state index is 13.6. The van der Waals surface area contributed by atoms with Gasteiger partial charge in [0.15, 0.2) is 11.0 Å². The molecule has 34 heavy (non-hydrogen) atoms. The van der Waals surface area contributed by atoms with Gasteiger partial charge < -0.3 is 5.32 Å². The normalized spacial score (nSPS) is 15.3. The average molecular weight is 522 g/mol. The van der Waals surface area contributed by atoms with Crippen molar-refractivity contribution in [1.29, 1.82) is 0 Å². The Morgan fingerprint density at radius 2 is 1.82 bits per heavy atom. The molecule has 2 aromatic carbocycles. The molecular formula is C24H26Cl2FN5OS. The summed E-state index contributed by atoms with van der Waals surface area (Å²) in [6.07, 6.45) is 3.54. The van der Waals surface area contributed by atoms with Crippen molar-refractivity contribution in [3.63, 3.8) is 0 Å². The number of hydrogen-bond donors (Lipinski definition) is 1. The van der Waals surface area contributed by atoms with E-state index < -0.39 is 0 Å². The first-order chi connectivity index (χ1) is 16.3. The Bertz CT molecular complexity index is 1160. The molecule has 3 aromatic rings. The van der Waals surface area contributed by atoms with Crippen molar-refractivity contribution in [2.75, 3.05) is 24.2 Å². The van der Waals surface area contributed by atoms with Crippen LogP contribution in [0.15, 0.2) is 41.6 Å². The Morgan fingerprint density at radius 3 is 2.53 bits per heavy atom. The van der Waals surface area contributed by atoms with Crippen molar-refractivity contribution in [1.82, 2.24) is 19.7 Å². The van der Waals surface area contributed by atoms with E-state index in [0.717, 1.165) is 43.0 Å². The van der Waals surface area contributed by atoms with Crippen LogP contribution in [0.2, 0.25) is 10.0 Å². The van der Waals surface area contributed by atoms with Crippen molar-refractivity contribution in [3.05, 3.63) is 63.6 Å². The Labute approximate surface area is 212 Å². The minimum absolute atomic E-state index is 0.0333. The number of hydrogen-bond acceptors (Lipinski definition) is 5. The zero-order chi connectivity index (χ0) is 24.2. The summed E-state index contributed by atoms with van der Waals surface area (Å²) in [5, 5.41) is 13.0. The number of anilines is 1. The lowest BCUT2D eigenvalue weighted by Crippen LogP contribution is -2.33. The van der Waals surface area contributed by atoms with Crippen molar-refractivity contribution in [2.45, 2.75) is 44.3 Å². The molecule has 1 atom stereocenters. The fourth-order valence-electron chi connectivity index (χ4n) is 4.02. The Kier molecular flexibility index (Phi) is 8.14. The topological polar surface area (TPSA) is 63.1 Å². The summed E-state index contributed by atoms with van der Waals surface area (Å²) in [6.45, 7) is 5.96. The highest BCUT2D eigenvalue weighted by atomic mass is 35.5. The predicted molar refractivity (Wildman–Crippen MR) is 136 cm³/mol. The maximum Gasteiger partial charge on any atom is 0.234 e. The summed E-state index contributed by atoms with van der Waals surface area (Å²) in [4.78, 5) is 15.1. The number of carbonyl (C=O) groups excluding carboxylic acids is 1. The summed E-state index contributed by atoms with van der Waals surface area (Å²) < 4.78 is 15.5. The van der Waals surface area contributed by atoms with Crippen LogP contribution >= 0.6 is 35.0 Å². The molecule has 0 saturated carbocycles. The monoisotopic (exact) mass is 521 g/mol. The third-order valence-corrected chi connectivity index (χ3v) is 7.67. The molecule has 1 fully saturated rings. The molecule has 1 aliphatic heterocycles. The molecule has 10 heteroatoms. The summed E-state index contributed by atoms with van der Waals surface area (Å²) in [7, 11) is 0. The van der Waals surface area contributed by atoms with Crippen LogP contribution in [0.4, 0.5) is 10.1 Å². The number of aryl methyl sites for hydroxylation is 1. The van der Waals surface area contributed by atoms with E-state index in [1.54, 1.807) is 24.3 Å². The number of nitrogens with one attached hydrogen (secondary N) is 1. The molecule has 1 aromatic heterocycles. The zero-order valence-corrected chi connectivity index (χ0v) is 21.4. The molecule has 1 aliphatic rings. The maximum absolute atomic E-state index is 13.6. The molecule has 0 bridgehead atoms. The van der Waals surface area contributed by atoms with Crippen LogP contribution in [0, 0.1) is 12.7 Å². The third-order valence-electron chi connectivity index (χ3n) is 5.94. The van der Waals surface area contributed by atoms with E-state index in [9.17, 15) is 9.18 Å².